The van der Waals surface area contributed by atoms with Gasteiger partial charge in [-0.2, -0.15) is 5.10 Å². The zero-order valence-corrected chi connectivity index (χ0v) is 18.1. The molecule has 0 fully saturated rings. The Balaban J connectivity index is 1.17. The first-order valence-corrected chi connectivity index (χ1v) is 11.3. The molecule has 2 aromatic heterocycles. The molecule has 4 aromatic rings. The van der Waals surface area contributed by atoms with E-state index in [-0.39, 0.29) is 18.6 Å². The summed E-state index contributed by atoms with van der Waals surface area (Å²) in [6, 6.07) is 18.0. The van der Waals surface area contributed by atoms with Gasteiger partial charge in [-0.05, 0) is 48.2 Å². The summed E-state index contributed by atoms with van der Waals surface area (Å²) >= 11 is 1.41. The summed E-state index contributed by atoms with van der Waals surface area (Å²) in [5.74, 6) is 1.53. The largest absolute Gasteiger partial charge is 0.485 e. The van der Waals surface area contributed by atoms with Gasteiger partial charge in [0.2, 0.25) is 5.91 Å². The molecule has 0 aliphatic carbocycles. The fourth-order valence-corrected chi connectivity index (χ4v) is 4.35. The lowest BCUT2D eigenvalue weighted by Crippen LogP contribution is -2.26. The maximum atomic E-state index is 12.0. The lowest BCUT2D eigenvalue weighted by Gasteiger charge is -2.26. The van der Waals surface area contributed by atoms with Crippen molar-refractivity contribution in [2.45, 2.75) is 32.0 Å². The molecule has 1 aliphatic rings. The van der Waals surface area contributed by atoms with Crippen molar-refractivity contribution in [1.82, 2.24) is 20.1 Å². The van der Waals surface area contributed by atoms with Crippen LogP contribution in [0.4, 0.5) is 0 Å². The average Bonchev–Trinajstić information content (AvgIpc) is 3.50. The molecule has 0 saturated carbocycles. The van der Waals surface area contributed by atoms with Gasteiger partial charge in [-0.25, -0.2) is 4.98 Å². The number of carbonyl (C=O) groups excluding carboxylic acids is 1. The number of nitrogens with zero attached hydrogens (tertiary/aromatic N) is 3. The third kappa shape index (κ3) is 4.81. The highest BCUT2D eigenvalue weighted by Gasteiger charge is 2.21. The minimum Gasteiger partial charge on any atom is -0.485 e. The van der Waals surface area contributed by atoms with Crippen molar-refractivity contribution in [2.75, 3.05) is 0 Å². The number of rotatable bonds is 7. The average molecular weight is 447 g/mol. The third-order valence-electron chi connectivity index (χ3n) is 5.21. The molecule has 1 atom stereocenters. The molecule has 1 aliphatic heterocycles. The summed E-state index contributed by atoms with van der Waals surface area (Å²) in [7, 11) is 0. The van der Waals surface area contributed by atoms with E-state index in [1.54, 1.807) is 29.3 Å². The van der Waals surface area contributed by atoms with Crippen molar-refractivity contribution in [2.24, 2.45) is 0 Å². The van der Waals surface area contributed by atoms with Crippen LogP contribution in [0.25, 0.3) is 0 Å². The van der Waals surface area contributed by atoms with E-state index in [1.165, 1.54) is 16.9 Å². The van der Waals surface area contributed by atoms with Gasteiger partial charge in [0.05, 0.1) is 6.54 Å². The van der Waals surface area contributed by atoms with Crippen molar-refractivity contribution in [3.05, 3.63) is 89.2 Å². The lowest BCUT2D eigenvalue weighted by atomic mass is 9.97. The van der Waals surface area contributed by atoms with Gasteiger partial charge in [0.15, 0.2) is 0 Å². The van der Waals surface area contributed by atoms with E-state index in [2.05, 4.69) is 27.5 Å². The third-order valence-corrected chi connectivity index (χ3v) is 6.09. The second-order valence-corrected chi connectivity index (χ2v) is 8.58. The molecule has 162 valence electrons. The Hall–Kier alpha value is -3.65. The normalized spacial score (nSPS) is 14.9. The summed E-state index contributed by atoms with van der Waals surface area (Å²) < 4.78 is 13.7. The molecule has 0 spiro atoms. The standard InChI is InChI=1S/C24H22N4O3S/c29-23(16-28-12-4-11-27-28)25-14-20-15-26-24(32-20)30-19-8-10-22-18(13-19)7-9-21(31-22)17-5-2-1-3-6-17/h1-6,8,10-13,15,21H,7,9,14,16H2,(H,25,29). The highest BCUT2D eigenvalue weighted by Crippen LogP contribution is 2.37. The highest BCUT2D eigenvalue weighted by molar-refractivity contribution is 7.13. The van der Waals surface area contributed by atoms with E-state index in [0.717, 1.165) is 34.8 Å². The fraction of sp³-hybridized carbons (Fsp3) is 0.208. The maximum absolute atomic E-state index is 12.0. The maximum Gasteiger partial charge on any atom is 0.278 e. The van der Waals surface area contributed by atoms with Crippen molar-refractivity contribution in [1.29, 1.82) is 0 Å². The predicted molar refractivity (Wildman–Crippen MR) is 121 cm³/mol. The van der Waals surface area contributed by atoms with Crippen LogP contribution in [0, 0.1) is 0 Å². The van der Waals surface area contributed by atoms with Gasteiger partial charge in [-0.1, -0.05) is 41.7 Å². The Morgan fingerprint density at radius 2 is 2.12 bits per heavy atom. The number of carbonyl (C=O) groups is 1. The zero-order valence-electron chi connectivity index (χ0n) is 17.3. The Morgan fingerprint density at radius 1 is 1.22 bits per heavy atom. The van der Waals surface area contributed by atoms with Crippen molar-refractivity contribution < 1.29 is 14.3 Å². The molecule has 1 unspecified atom stereocenters. The van der Waals surface area contributed by atoms with Gasteiger partial charge >= 0.3 is 0 Å². The number of aromatic nitrogens is 3. The van der Waals surface area contributed by atoms with Crippen LogP contribution < -0.4 is 14.8 Å². The smallest absolute Gasteiger partial charge is 0.278 e. The van der Waals surface area contributed by atoms with Crippen LogP contribution >= 0.6 is 11.3 Å². The number of amides is 1. The summed E-state index contributed by atoms with van der Waals surface area (Å²) in [5, 5.41) is 7.44. The summed E-state index contributed by atoms with van der Waals surface area (Å²) in [5.41, 5.74) is 2.34. The first kappa shape index (κ1) is 20.3. The number of hydrogen-bond donors (Lipinski definition) is 1. The molecule has 0 radical (unpaired) electrons. The van der Waals surface area contributed by atoms with Crippen molar-refractivity contribution in [3.63, 3.8) is 0 Å². The van der Waals surface area contributed by atoms with Crippen LogP contribution in [0.1, 0.15) is 28.5 Å². The van der Waals surface area contributed by atoms with Crippen molar-refractivity contribution >= 4 is 17.2 Å². The van der Waals surface area contributed by atoms with Gasteiger partial charge in [-0.3, -0.25) is 9.48 Å². The van der Waals surface area contributed by atoms with E-state index in [0.29, 0.717) is 11.7 Å². The molecule has 7 nitrogen and oxygen atoms in total. The van der Waals surface area contributed by atoms with Crippen LogP contribution in [-0.2, 0) is 24.3 Å². The number of nitrogens with one attached hydrogen (secondary N) is 1. The summed E-state index contributed by atoms with van der Waals surface area (Å²) in [6.45, 7) is 0.595. The number of hydrogen-bond acceptors (Lipinski definition) is 6. The molecule has 0 bridgehead atoms. The van der Waals surface area contributed by atoms with Crippen molar-refractivity contribution in [3.8, 4) is 16.7 Å². The summed E-state index contributed by atoms with van der Waals surface area (Å²) in [4.78, 5) is 17.2. The minimum atomic E-state index is -0.104. The Kier molecular flexibility index (Phi) is 5.85. The Morgan fingerprint density at radius 3 is 2.97 bits per heavy atom. The Bertz CT molecular complexity index is 1190. The lowest BCUT2D eigenvalue weighted by molar-refractivity contribution is -0.122. The van der Waals surface area contributed by atoms with E-state index in [4.69, 9.17) is 9.47 Å². The highest BCUT2D eigenvalue weighted by atomic mass is 32.1. The zero-order chi connectivity index (χ0) is 21.8. The van der Waals surface area contributed by atoms with E-state index < -0.39 is 0 Å². The van der Waals surface area contributed by atoms with E-state index >= 15 is 0 Å². The second-order valence-electron chi connectivity index (χ2n) is 7.50. The summed E-state index contributed by atoms with van der Waals surface area (Å²) in [6.07, 6.45) is 7.07. The van der Waals surface area contributed by atoms with Gasteiger partial charge in [0, 0.05) is 23.5 Å². The van der Waals surface area contributed by atoms with Crippen LogP contribution in [0.2, 0.25) is 0 Å². The molecule has 1 N–H and O–H groups in total. The van der Waals surface area contributed by atoms with Gasteiger partial charge in [0.1, 0.15) is 24.1 Å². The minimum absolute atomic E-state index is 0.0838. The molecular formula is C24H22N4O3S. The van der Waals surface area contributed by atoms with Crippen LogP contribution in [0.15, 0.2) is 73.2 Å². The number of thiazole rings is 1. The van der Waals surface area contributed by atoms with E-state index in [9.17, 15) is 4.79 Å². The van der Waals surface area contributed by atoms with Crippen LogP contribution in [0.3, 0.4) is 0 Å². The van der Waals surface area contributed by atoms with E-state index in [1.807, 2.05) is 36.4 Å². The molecule has 32 heavy (non-hydrogen) atoms. The predicted octanol–water partition coefficient (Wildman–Crippen LogP) is 4.51. The second kappa shape index (κ2) is 9.23. The first-order valence-electron chi connectivity index (χ1n) is 10.4. The molecule has 1 amide bonds. The number of aryl methyl sites for hydroxylation is 1. The number of benzene rings is 2. The van der Waals surface area contributed by atoms with Crippen LogP contribution in [0.5, 0.6) is 16.7 Å². The first-order chi connectivity index (χ1) is 15.7. The molecule has 5 rings (SSSR count). The quantitative estimate of drug-likeness (QED) is 0.452. The van der Waals surface area contributed by atoms with Gasteiger partial charge in [0.25, 0.3) is 5.19 Å². The van der Waals surface area contributed by atoms with Gasteiger partial charge < -0.3 is 14.8 Å². The Labute approximate surface area is 189 Å². The number of ether oxygens (including phenoxy) is 2. The molecule has 0 saturated heterocycles. The number of fused-ring (bicyclic) bond motifs is 1. The fourth-order valence-electron chi connectivity index (χ4n) is 3.63. The van der Waals surface area contributed by atoms with Gasteiger partial charge in [-0.15, -0.1) is 0 Å². The molecule has 8 heteroatoms. The molecule has 2 aromatic carbocycles. The SMILES string of the molecule is O=C(Cn1cccn1)NCc1cnc(Oc2ccc3c(c2)CCC(c2ccccc2)O3)s1. The molecule has 3 heterocycles. The topological polar surface area (TPSA) is 78.3 Å². The monoisotopic (exact) mass is 446 g/mol. The molecular weight excluding hydrogens is 424 g/mol. The van der Waals surface area contributed by atoms with Crippen LogP contribution in [-0.4, -0.2) is 20.7 Å².